The number of thiazole rings is 1. The van der Waals surface area contributed by atoms with Crippen molar-refractivity contribution in [2.75, 3.05) is 11.9 Å². The van der Waals surface area contributed by atoms with Crippen molar-refractivity contribution in [3.05, 3.63) is 100 Å². The lowest BCUT2D eigenvalue weighted by Gasteiger charge is -2.20. The summed E-state index contributed by atoms with van der Waals surface area (Å²) in [5, 5.41) is 5.20. The number of rotatable bonds is 8. The summed E-state index contributed by atoms with van der Waals surface area (Å²) in [5.74, 6) is -0.341. The minimum Gasteiger partial charge on any atom is -0.298 e. The molecule has 0 aliphatic carbocycles. The Kier molecular flexibility index (Phi) is 7.45. The van der Waals surface area contributed by atoms with Crippen molar-refractivity contribution in [3.8, 4) is 11.3 Å². The van der Waals surface area contributed by atoms with Crippen LogP contribution in [-0.2, 0) is 16.6 Å². The molecule has 0 spiro atoms. The van der Waals surface area contributed by atoms with Crippen LogP contribution in [0, 0.1) is 13.8 Å². The number of aryl methyl sites for hydroxylation is 2. The van der Waals surface area contributed by atoms with Gasteiger partial charge in [-0.3, -0.25) is 10.1 Å². The number of nitrogens with zero attached hydrogens (tertiary/aromatic N) is 2. The molecule has 4 rings (SSSR count). The Morgan fingerprint density at radius 3 is 2.34 bits per heavy atom. The fraction of sp³-hybridized carbons (Fsp3) is 0.185. The van der Waals surface area contributed by atoms with Crippen LogP contribution in [0.5, 0.6) is 0 Å². The van der Waals surface area contributed by atoms with Crippen molar-refractivity contribution >= 4 is 32.4 Å². The van der Waals surface area contributed by atoms with Crippen LogP contribution < -0.4 is 5.32 Å². The molecule has 0 fully saturated rings. The van der Waals surface area contributed by atoms with Gasteiger partial charge in [-0.1, -0.05) is 49.4 Å². The van der Waals surface area contributed by atoms with Gasteiger partial charge in [-0.25, -0.2) is 13.4 Å². The van der Waals surface area contributed by atoms with Crippen LogP contribution in [0.1, 0.15) is 34.0 Å². The minimum absolute atomic E-state index is 0.151. The van der Waals surface area contributed by atoms with Gasteiger partial charge < -0.3 is 0 Å². The highest BCUT2D eigenvalue weighted by atomic mass is 32.2. The lowest BCUT2D eigenvalue weighted by atomic mass is 10.1. The van der Waals surface area contributed by atoms with E-state index in [0.717, 1.165) is 16.8 Å². The number of carbonyl (C=O) groups is 1. The number of sulfonamides is 1. The first-order valence-electron chi connectivity index (χ1n) is 11.3. The predicted octanol–water partition coefficient (Wildman–Crippen LogP) is 5.89. The summed E-state index contributed by atoms with van der Waals surface area (Å²) in [6, 6.07) is 21.6. The van der Waals surface area contributed by atoms with E-state index in [0.29, 0.717) is 17.2 Å². The molecule has 35 heavy (non-hydrogen) atoms. The van der Waals surface area contributed by atoms with Crippen LogP contribution in [0.25, 0.3) is 11.3 Å². The molecule has 180 valence electrons. The molecule has 1 amide bonds. The van der Waals surface area contributed by atoms with Crippen molar-refractivity contribution in [1.29, 1.82) is 0 Å². The molecular weight excluding hydrogens is 478 g/mol. The summed E-state index contributed by atoms with van der Waals surface area (Å²) in [6.07, 6.45) is 0. The number of benzene rings is 3. The third kappa shape index (κ3) is 5.67. The van der Waals surface area contributed by atoms with Crippen LogP contribution in [0.3, 0.4) is 0 Å². The summed E-state index contributed by atoms with van der Waals surface area (Å²) in [7, 11) is -3.69. The first kappa shape index (κ1) is 24.8. The highest BCUT2D eigenvalue weighted by molar-refractivity contribution is 7.89. The molecule has 0 unspecified atom stereocenters. The van der Waals surface area contributed by atoms with Crippen LogP contribution in [0.2, 0.25) is 0 Å². The topological polar surface area (TPSA) is 79.4 Å². The zero-order chi connectivity index (χ0) is 25.0. The first-order valence-corrected chi connectivity index (χ1v) is 13.6. The maximum absolute atomic E-state index is 13.1. The molecular formula is C27H27N3O3S2. The number of aromatic nitrogens is 1. The van der Waals surface area contributed by atoms with Crippen LogP contribution in [0.15, 0.2) is 83.1 Å². The number of hydrogen-bond donors (Lipinski definition) is 1. The first-order chi connectivity index (χ1) is 16.8. The van der Waals surface area contributed by atoms with Gasteiger partial charge in [-0.2, -0.15) is 4.31 Å². The van der Waals surface area contributed by atoms with Gasteiger partial charge in [0.2, 0.25) is 10.0 Å². The summed E-state index contributed by atoms with van der Waals surface area (Å²) >= 11 is 1.35. The quantitative estimate of drug-likeness (QED) is 0.324. The van der Waals surface area contributed by atoms with Gasteiger partial charge in [0.1, 0.15) is 0 Å². The van der Waals surface area contributed by atoms with Crippen molar-refractivity contribution in [2.45, 2.75) is 32.2 Å². The average molecular weight is 506 g/mol. The van der Waals surface area contributed by atoms with Crippen molar-refractivity contribution in [2.24, 2.45) is 0 Å². The van der Waals surface area contributed by atoms with E-state index in [1.807, 2.05) is 48.7 Å². The Balaban J connectivity index is 1.46. The maximum Gasteiger partial charge on any atom is 0.257 e. The summed E-state index contributed by atoms with van der Waals surface area (Å²) in [6.45, 7) is 6.55. The van der Waals surface area contributed by atoms with Gasteiger partial charge in [0.15, 0.2) is 5.13 Å². The summed E-state index contributed by atoms with van der Waals surface area (Å²) < 4.78 is 27.7. The molecule has 0 bridgehead atoms. The van der Waals surface area contributed by atoms with E-state index in [-0.39, 0.29) is 17.3 Å². The number of hydrogen-bond acceptors (Lipinski definition) is 5. The van der Waals surface area contributed by atoms with Crippen LogP contribution in [0.4, 0.5) is 5.13 Å². The zero-order valence-electron chi connectivity index (χ0n) is 19.9. The lowest BCUT2D eigenvalue weighted by Crippen LogP contribution is -2.30. The monoisotopic (exact) mass is 505 g/mol. The molecule has 4 aromatic rings. The fourth-order valence-corrected chi connectivity index (χ4v) is 5.77. The van der Waals surface area contributed by atoms with E-state index in [1.165, 1.54) is 51.0 Å². The molecule has 0 aliphatic rings. The van der Waals surface area contributed by atoms with E-state index >= 15 is 0 Å². The fourth-order valence-electron chi connectivity index (χ4n) is 3.61. The predicted molar refractivity (Wildman–Crippen MR) is 141 cm³/mol. The normalized spacial score (nSPS) is 11.5. The van der Waals surface area contributed by atoms with Crippen LogP contribution >= 0.6 is 11.3 Å². The van der Waals surface area contributed by atoms with Crippen molar-refractivity contribution in [3.63, 3.8) is 0 Å². The molecule has 6 nitrogen and oxygen atoms in total. The second-order valence-corrected chi connectivity index (χ2v) is 11.0. The molecule has 1 aromatic heterocycles. The molecule has 0 radical (unpaired) electrons. The molecule has 1 N–H and O–H groups in total. The number of amides is 1. The molecule has 3 aromatic carbocycles. The second-order valence-electron chi connectivity index (χ2n) is 8.23. The average Bonchev–Trinajstić information content (AvgIpc) is 3.33. The molecule has 8 heteroatoms. The third-order valence-electron chi connectivity index (χ3n) is 5.84. The van der Waals surface area contributed by atoms with Gasteiger partial charge in [-0.05, 0) is 60.9 Å². The number of anilines is 1. The Morgan fingerprint density at radius 1 is 0.971 bits per heavy atom. The van der Waals surface area contributed by atoms with Gasteiger partial charge in [0.25, 0.3) is 5.91 Å². The number of nitrogens with one attached hydrogen (secondary N) is 1. The van der Waals surface area contributed by atoms with Gasteiger partial charge in [0, 0.05) is 29.6 Å². The van der Waals surface area contributed by atoms with Crippen molar-refractivity contribution < 1.29 is 13.2 Å². The Morgan fingerprint density at radius 2 is 1.69 bits per heavy atom. The Bertz CT molecular complexity index is 1430. The molecule has 0 saturated carbocycles. The molecule has 0 aliphatic heterocycles. The Hall–Kier alpha value is -3.33. The third-order valence-corrected chi connectivity index (χ3v) is 8.53. The van der Waals surface area contributed by atoms with E-state index in [9.17, 15) is 13.2 Å². The van der Waals surface area contributed by atoms with E-state index in [4.69, 9.17) is 0 Å². The molecule has 0 saturated heterocycles. The molecule has 0 atom stereocenters. The summed E-state index contributed by atoms with van der Waals surface area (Å²) in [5.41, 5.74) is 5.46. The Labute approximate surface area is 210 Å². The highest BCUT2D eigenvalue weighted by Crippen LogP contribution is 2.27. The van der Waals surface area contributed by atoms with E-state index in [2.05, 4.69) is 36.3 Å². The SMILES string of the molecule is CCN(Cc1ccccc1)S(=O)(=O)c1ccc(C(=O)Nc2nc(-c3ccc(C)c(C)c3)cs2)cc1. The standard InChI is InChI=1S/C27H27N3O3S2/c1-4-30(17-21-8-6-5-7-9-21)35(32,33)24-14-12-22(13-15-24)26(31)29-27-28-25(18-34-27)23-11-10-19(2)20(3)16-23/h5-16,18H,4,17H2,1-3H3,(H,28,29,31). The van der Waals surface area contributed by atoms with E-state index < -0.39 is 10.0 Å². The van der Waals surface area contributed by atoms with Gasteiger partial charge in [0.05, 0.1) is 10.6 Å². The van der Waals surface area contributed by atoms with E-state index in [1.54, 1.807) is 0 Å². The smallest absolute Gasteiger partial charge is 0.257 e. The van der Waals surface area contributed by atoms with Gasteiger partial charge in [-0.15, -0.1) is 11.3 Å². The van der Waals surface area contributed by atoms with Gasteiger partial charge >= 0.3 is 0 Å². The summed E-state index contributed by atoms with van der Waals surface area (Å²) in [4.78, 5) is 17.4. The maximum atomic E-state index is 13.1. The van der Waals surface area contributed by atoms with Crippen molar-refractivity contribution in [1.82, 2.24) is 9.29 Å². The molecule has 1 heterocycles. The largest absolute Gasteiger partial charge is 0.298 e. The zero-order valence-corrected chi connectivity index (χ0v) is 21.5. The second kappa shape index (κ2) is 10.5. The highest BCUT2D eigenvalue weighted by Gasteiger charge is 2.23. The lowest BCUT2D eigenvalue weighted by molar-refractivity contribution is 0.102. The minimum atomic E-state index is -3.69. The van der Waals surface area contributed by atoms with Crippen LogP contribution in [-0.4, -0.2) is 30.2 Å². The number of carbonyl (C=O) groups excluding carboxylic acids is 1.